The maximum atomic E-state index is 6.12. The second-order valence-electron chi connectivity index (χ2n) is 5.05. The van der Waals surface area contributed by atoms with Crippen molar-refractivity contribution < 1.29 is 4.74 Å². The molecule has 0 radical (unpaired) electrons. The number of piperidine rings is 1. The van der Waals surface area contributed by atoms with Crippen LogP contribution in [0.5, 0.6) is 0 Å². The van der Waals surface area contributed by atoms with Crippen LogP contribution in [0.25, 0.3) is 0 Å². The van der Waals surface area contributed by atoms with E-state index in [4.69, 9.17) is 10.5 Å². The fraction of sp³-hybridized carbons (Fsp3) is 1.00. The molecular formula is C13H28N2O. The van der Waals surface area contributed by atoms with Gasteiger partial charge in [0.15, 0.2) is 0 Å². The molecule has 1 aliphatic rings. The first-order valence-corrected chi connectivity index (χ1v) is 6.73. The Morgan fingerprint density at radius 1 is 1.38 bits per heavy atom. The van der Waals surface area contributed by atoms with Gasteiger partial charge in [0, 0.05) is 26.3 Å². The van der Waals surface area contributed by atoms with Gasteiger partial charge < -0.3 is 15.4 Å². The van der Waals surface area contributed by atoms with Crippen molar-refractivity contribution in [1.82, 2.24) is 4.90 Å². The normalized spacial score (nSPS) is 21.2. The van der Waals surface area contributed by atoms with Crippen LogP contribution in [0.1, 0.15) is 39.0 Å². The topological polar surface area (TPSA) is 38.5 Å². The van der Waals surface area contributed by atoms with Crippen LogP contribution < -0.4 is 5.73 Å². The zero-order valence-electron chi connectivity index (χ0n) is 11.0. The molecule has 1 fully saturated rings. The molecule has 1 saturated heterocycles. The van der Waals surface area contributed by atoms with Crippen LogP contribution in [0.15, 0.2) is 0 Å². The minimum atomic E-state index is 0.327. The number of hydrogen-bond acceptors (Lipinski definition) is 3. The van der Waals surface area contributed by atoms with Crippen LogP contribution in [0.4, 0.5) is 0 Å². The fourth-order valence-corrected chi connectivity index (χ4v) is 2.49. The Hall–Kier alpha value is -0.120. The molecule has 0 aromatic rings. The van der Waals surface area contributed by atoms with E-state index in [9.17, 15) is 0 Å². The maximum Gasteiger partial charge on any atom is 0.0462 e. The molecule has 0 aliphatic carbocycles. The molecule has 3 nitrogen and oxygen atoms in total. The molecule has 0 aromatic carbocycles. The molecule has 16 heavy (non-hydrogen) atoms. The van der Waals surface area contributed by atoms with Gasteiger partial charge in [0.1, 0.15) is 0 Å². The summed E-state index contributed by atoms with van der Waals surface area (Å²) < 4.78 is 5.04. The summed E-state index contributed by atoms with van der Waals surface area (Å²) in [6.07, 6.45) is 6.24. The van der Waals surface area contributed by atoms with Crippen LogP contribution in [-0.4, -0.2) is 44.3 Å². The Kier molecular flexibility index (Phi) is 7.01. The molecule has 0 aromatic heterocycles. The van der Waals surface area contributed by atoms with Crippen molar-refractivity contribution in [2.45, 2.75) is 45.1 Å². The number of ether oxygens (including phenoxy) is 1. The number of likely N-dealkylation sites (tertiary alicyclic amines) is 1. The molecular weight excluding hydrogens is 200 g/mol. The van der Waals surface area contributed by atoms with Crippen LogP contribution in [0.2, 0.25) is 0 Å². The lowest BCUT2D eigenvalue weighted by Crippen LogP contribution is -2.42. The molecule has 2 N–H and O–H groups in total. The highest BCUT2D eigenvalue weighted by atomic mass is 16.5. The third-order valence-corrected chi connectivity index (χ3v) is 3.70. The Balaban J connectivity index is 2.08. The van der Waals surface area contributed by atoms with E-state index >= 15 is 0 Å². The smallest absolute Gasteiger partial charge is 0.0462 e. The molecule has 0 spiro atoms. The van der Waals surface area contributed by atoms with Crippen LogP contribution in [-0.2, 0) is 4.74 Å². The number of nitrogens with zero attached hydrogens (tertiary/aromatic N) is 1. The average molecular weight is 228 g/mol. The van der Waals surface area contributed by atoms with Crippen molar-refractivity contribution in [3.8, 4) is 0 Å². The van der Waals surface area contributed by atoms with Gasteiger partial charge in [-0.3, -0.25) is 0 Å². The third-order valence-electron chi connectivity index (χ3n) is 3.70. The molecule has 3 heteroatoms. The summed E-state index contributed by atoms with van der Waals surface area (Å²) in [5, 5.41) is 0. The van der Waals surface area contributed by atoms with Crippen molar-refractivity contribution >= 4 is 0 Å². The number of methoxy groups -OCH3 is 1. The largest absolute Gasteiger partial charge is 0.385 e. The molecule has 1 heterocycles. The third kappa shape index (κ3) is 5.28. The van der Waals surface area contributed by atoms with E-state index in [1.54, 1.807) is 7.11 Å². The van der Waals surface area contributed by atoms with Gasteiger partial charge in [-0.2, -0.15) is 0 Å². The summed E-state index contributed by atoms with van der Waals surface area (Å²) in [6.45, 7) is 6.70. The average Bonchev–Trinajstić information content (AvgIpc) is 2.30. The van der Waals surface area contributed by atoms with E-state index in [0.29, 0.717) is 6.04 Å². The highest BCUT2D eigenvalue weighted by Gasteiger charge is 2.18. The van der Waals surface area contributed by atoms with Gasteiger partial charge in [-0.15, -0.1) is 0 Å². The van der Waals surface area contributed by atoms with Crippen molar-refractivity contribution in [3.63, 3.8) is 0 Å². The van der Waals surface area contributed by atoms with Gasteiger partial charge in [-0.25, -0.2) is 0 Å². The monoisotopic (exact) mass is 228 g/mol. The highest BCUT2D eigenvalue weighted by Crippen LogP contribution is 2.19. The zero-order valence-corrected chi connectivity index (χ0v) is 11.0. The summed E-state index contributed by atoms with van der Waals surface area (Å²) >= 11 is 0. The van der Waals surface area contributed by atoms with E-state index in [-0.39, 0.29) is 0 Å². The standard InChI is InChI=1S/C13H28N2O/c1-3-12-6-8-15(9-7-12)11-13(14)5-4-10-16-2/h12-13H,3-11,14H2,1-2H3. The summed E-state index contributed by atoms with van der Waals surface area (Å²) in [4.78, 5) is 2.53. The van der Waals surface area contributed by atoms with E-state index < -0.39 is 0 Å². The van der Waals surface area contributed by atoms with Gasteiger partial charge in [0.2, 0.25) is 0 Å². The minimum Gasteiger partial charge on any atom is -0.385 e. The van der Waals surface area contributed by atoms with Gasteiger partial charge >= 0.3 is 0 Å². The minimum absolute atomic E-state index is 0.327. The lowest BCUT2D eigenvalue weighted by Gasteiger charge is -2.33. The summed E-state index contributed by atoms with van der Waals surface area (Å²) in [6, 6.07) is 0.327. The van der Waals surface area contributed by atoms with E-state index in [1.165, 1.54) is 32.4 Å². The van der Waals surface area contributed by atoms with Crippen LogP contribution in [0.3, 0.4) is 0 Å². The number of nitrogens with two attached hydrogens (primary N) is 1. The Bertz CT molecular complexity index is 167. The highest BCUT2D eigenvalue weighted by molar-refractivity contribution is 4.75. The molecule has 1 aliphatic heterocycles. The van der Waals surface area contributed by atoms with Gasteiger partial charge in [-0.05, 0) is 44.7 Å². The van der Waals surface area contributed by atoms with Crippen molar-refractivity contribution in [3.05, 3.63) is 0 Å². The molecule has 1 unspecified atom stereocenters. The molecule has 0 amide bonds. The second-order valence-corrected chi connectivity index (χ2v) is 5.05. The van der Waals surface area contributed by atoms with Crippen LogP contribution in [0, 0.1) is 5.92 Å². The lowest BCUT2D eigenvalue weighted by molar-refractivity contribution is 0.162. The Morgan fingerprint density at radius 3 is 2.62 bits per heavy atom. The van der Waals surface area contributed by atoms with Crippen molar-refractivity contribution in [2.75, 3.05) is 33.4 Å². The molecule has 1 atom stereocenters. The first-order valence-electron chi connectivity index (χ1n) is 6.73. The molecule has 0 saturated carbocycles. The molecule has 0 bridgehead atoms. The fourth-order valence-electron chi connectivity index (χ4n) is 2.49. The predicted octanol–water partition coefficient (Wildman–Crippen LogP) is 1.86. The van der Waals surface area contributed by atoms with E-state index in [2.05, 4.69) is 11.8 Å². The zero-order chi connectivity index (χ0) is 11.8. The Morgan fingerprint density at radius 2 is 2.06 bits per heavy atom. The van der Waals surface area contributed by atoms with Crippen molar-refractivity contribution in [1.29, 1.82) is 0 Å². The molecule has 96 valence electrons. The molecule has 1 rings (SSSR count). The van der Waals surface area contributed by atoms with Gasteiger partial charge in [-0.1, -0.05) is 13.3 Å². The van der Waals surface area contributed by atoms with Crippen molar-refractivity contribution in [2.24, 2.45) is 11.7 Å². The van der Waals surface area contributed by atoms with Gasteiger partial charge in [0.05, 0.1) is 0 Å². The summed E-state index contributed by atoms with van der Waals surface area (Å²) in [5.41, 5.74) is 6.12. The van der Waals surface area contributed by atoms with E-state index in [1.807, 2.05) is 0 Å². The summed E-state index contributed by atoms with van der Waals surface area (Å²) in [7, 11) is 1.75. The quantitative estimate of drug-likeness (QED) is 0.676. The number of hydrogen-bond donors (Lipinski definition) is 1. The van der Waals surface area contributed by atoms with Gasteiger partial charge in [0.25, 0.3) is 0 Å². The maximum absolute atomic E-state index is 6.12. The second kappa shape index (κ2) is 8.04. The lowest BCUT2D eigenvalue weighted by atomic mass is 9.94. The first kappa shape index (κ1) is 13.9. The number of rotatable bonds is 7. The van der Waals surface area contributed by atoms with Crippen LogP contribution >= 0.6 is 0 Å². The Labute approximate surface area is 100 Å². The predicted molar refractivity (Wildman–Crippen MR) is 68.5 cm³/mol. The summed E-state index contributed by atoms with van der Waals surface area (Å²) in [5.74, 6) is 0.959. The van der Waals surface area contributed by atoms with E-state index in [0.717, 1.165) is 31.9 Å². The SMILES string of the molecule is CCC1CCN(CC(N)CCCOC)CC1. The first-order chi connectivity index (χ1) is 7.76.